The third-order valence-corrected chi connectivity index (χ3v) is 8.40. The second-order valence-corrected chi connectivity index (χ2v) is 13.0. The summed E-state index contributed by atoms with van der Waals surface area (Å²) < 4.78 is 38.9. The van der Waals surface area contributed by atoms with Gasteiger partial charge in [-0.25, -0.2) is 4.98 Å². The van der Waals surface area contributed by atoms with E-state index in [4.69, 9.17) is 0 Å². The molecule has 0 radical (unpaired) electrons. The number of hydrogen-bond acceptors (Lipinski definition) is 2. The summed E-state index contributed by atoms with van der Waals surface area (Å²) in [7, 11) is -1.09. The fourth-order valence-corrected chi connectivity index (χ4v) is 5.96. The average Bonchev–Trinajstić information content (AvgIpc) is 2.94. The number of H-pyrrole nitrogens is 1. The van der Waals surface area contributed by atoms with E-state index in [1.165, 1.54) is 25.1 Å². The van der Waals surface area contributed by atoms with Crippen molar-refractivity contribution in [3.8, 4) is 0 Å². The molecule has 2 N–H and O–H groups in total. The SMILES string of the molecule is Cc1c(C(F)(F)F)ncc2[nH]c(C(=O)NC3CC[Si](C)(C)CC3)cc12. The zero-order valence-electron chi connectivity index (χ0n) is 14.5. The highest BCUT2D eigenvalue weighted by atomic mass is 28.3. The van der Waals surface area contributed by atoms with Crippen molar-refractivity contribution in [2.75, 3.05) is 0 Å². The number of fused-ring (bicyclic) bond motifs is 1. The van der Waals surface area contributed by atoms with Gasteiger partial charge >= 0.3 is 6.18 Å². The molecule has 4 nitrogen and oxygen atoms in total. The minimum absolute atomic E-state index is 0.0331. The van der Waals surface area contributed by atoms with Gasteiger partial charge in [0.2, 0.25) is 0 Å². The van der Waals surface area contributed by atoms with Gasteiger partial charge in [0.15, 0.2) is 0 Å². The number of rotatable bonds is 2. The summed E-state index contributed by atoms with van der Waals surface area (Å²) in [5.41, 5.74) is -0.162. The quantitative estimate of drug-likeness (QED) is 0.766. The number of halogens is 3. The molecule has 2 aromatic heterocycles. The number of aryl methyl sites for hydroxylation is 1. The van der Waals surface area contributed by atoms with E-state index in [1.807, 2.05) is 0 Å². The Labute approximate surface area is 145 Å². The zero-order valence-corrected chi connectivity index (χ0v) is 15.5. The minimum atomic E-state index is -4.50. The second-order valence-electron chi connectivity index (χ2n) is 7.65. The van der Waals surface area contributed by atoms with Crippen LogP contribution in [0.4, 0.5) is 13.2 Å². The van der Waals surface area contributed by atoms with Crippen molar-refractivity contribution in [1.82, 2.24) is 15.3 Å². The fourth-order valence-electron chi connectivity index (χ4n) is 3.45. The van der Waals surface area contributed by atoms with Crippen LogP contribution in [0.1, 0.15) is 34.6 Å². The predicted octanol–water partition coefficient (Wildman–Crippen LogP) is 4.49. The molecule has 0 aromatic carbocycles. The maximum absolute atomic E-state index is 13.0. The van der Waals surface area contributed by atoms with Gasteiger partial charge in [-0.05, 0) is 31.4 Å². The molecule has 2 aromatic rings. The first-order valence-electron chi connectivity index (χ1n) is 8.43. The van der Waals surface area contributed by atoms with Crippen molar-refractivity contribution in [3.05, 3.63) is 29.2 Å². The summed E-state index contributed by atoms with van der Waals surface area (Å²) in [5, 5.41) is 3.39. The van der Waals surface area contributed by atoms with Gasteiger partial charge in [0.1, 0.15) is 11.4 Å². The number of nitrogens with one attached hydrogen (secondary N) is 2. The summed E-state index contributed by atoms with van der Waals surface area (Å²) in [6.45, 7) is 6.09. The number of pyridine rings is 1. The Kier molecular flexibility index (Phi) is 4.43. The highest BCUT2D eigenvalue weighted by Gasteiger charge is 2.35. The molecule has 0 unspecified atom stereocenters. The number of nitrogens with zero attached hydrogens (tertiary/aromatic N) is 1. The predicted molar refractivity (Wildman–Crippen MR) is 93.4 cm³/mol. The van der Waals surface area contributed by atoms with Crippen LogP contribution < -0.4 is 5.32 Å². The molecule has 0 bridgehead atoms. The highest BCUT2D eigenvalue weighted by molar-refractivity contribution is 6.77. The molecule has 3 heterocycles. The molecule has 1 aliphatic rings. The van der Waals surface area contributed by atoms with E-state index in [9.17, 15) is 18.0 Å². The molecule has 0 aliphatic carbocycles. The topological polar surface area (TPSA) is 57.8 Å². The maximum Gasteiger partial charge on any atom is 0.433 e. The standard InChI is InChI=1S/C17H22F3N3OSi/c1-10-12-8-13(23-14(12)9-21-15(10)17(18,19)20)16(24)22-11-4-6-25(2,3)7-5-11/h8-9,11,23H,4-7H2,1-3H3,(H,22,24). The lowest BCUT2D eigenvalue weighted by atomic mass is 10.1. The van der Waals surface area contributed by atoms with Crippen LogP contribution in [0.25, 0.3) is 10.9 Å². The van der Waals surface area contributed by atoms with Crippen LogP contribution in [0.3, 0.4) is 0 Å². The van der Waals surface area contributed by atoms with Gasteiger partial charge in [0.05, 0.1) is 11.7 Å². The molecular formula is C17H22F3N3OSi. The molecule has 1 aliphatic heterocycles. The molecule has 0 spiro atoms. The first-order valence-corrected chi connectivity index (χ1v) is 11.8. The lowest BCUT2D eigenvalue weighted by Crippen LogP contribution is -2.42. The first-order chi connectivity index (χ1) is 11.6. The number of aromatic nitrogens is 2. The van der Waals surface area contributed by atoms with Crippen molar-refractivity contribution >= 4 is 24.9 Å². The molecule has 136 valence electrons. The number of carbonyl (C=O) groups is 1. The largest absolute Gasteiger partial charge is 0.433 e. The molecule has 0 saturated carbocycles. The summed E-state index contributed by atoms with van der Waals surface area (Å²) in [6.07, 6.45) is -1.42. The van der Waals surface area contributed by atoms with Gasteiger partial charge in [-0.1, -0.05) is 25.2 Å². The monoisotopic (exact) mass is 369 g/mol. The van der Waals surface area contributed by atoms with E-state index in [1.54, 1.807) is 0 Å². The summed E-state index contributed by atoms with van der Waals surface area (Å²) in [4.78, 5) is 18.8. The Hall–Kier alpha value is -1.83. The van der Waals surface area contributed by atoms with Crippen LogP contribution in [0.2, 0.25) is 25.2 Å². The molecule has 1 amide bonds. The van der Waals surface area contributed by atoms with E-state index in [0.29, 0.717) is 10.9 Å². The third kappa shape index (κ3) is 3.73. The molecular weight excluding hydrogens is 347 g/mol. The van der Waals surface area contributed by atoms with Crippen molar-refractivity contribution in [3.63, 3.8) is 0 Å². The summed E-state index contributed by atoms with van der Waals surface area (Å²) >= 11 is 0. The fraction of sp³-hybridized carbons (Fsp3) is 0.529. The van der Waals surface area contributed by atoms with Crippen molar-refractivity contribution < 1.29 is 18.0 Å². The van der Waals surface area contributed by atoms with E-state index < -0.39 is 19.9 Å². The van der Waals surface area contributed by atoms with Crippen molar-refractivity contribution in [1.29, 1.82) is 0 Å². The Morgan fingerprint density at radius 2 is 1.96 bits per heavy atom. The molecule has 0 atom stereocenters. The number of amides is 1. The van der Waals surface area contributed by atoms with Crippen LogP contribution in [-0.2, 0) is 6.18 Å². The molecule has 25 heavy (non-hydrogen) atoms. The summed E-state index contributed by atoms with van der Waals surface area (Å²) in [5.74, 6) is -0.268. The van der Waals surface area contributed by atoms with Gasteiger partial charge in [-0.15, -0.1) is 0 Å². The average molecular weight is 369 g/mol. The Balaban J connectivity index is 1.80. The Bertz CT molecular complexity index is 803. The van der Waals surface area contributed by atoms with E-state index >= 15 is 0 Å². The van der Waals surface area contributed by atoms with E-state index in [2.05, 4.69) is 28.4 Å². The van der Waals surface area contributed by atoms with E-state index in [0.717, 1.165) is 19.0 Å². The smallest absolute Gasteiger partial charge is 0.349 e. The summed E-state index contributed by atoms with van der Waals surface area (Å²) in [6, 6.07) is 3.99. The number of hydrogen-bond donors (Lipinski definition) is 2. The second kappa shape index (κ2) is 6.16. The van der Waals surface area contributed by atoms with Gasteiger partial charge < -0.3 is 10.3 Å². The Morgan fingerprint density at radius 1 is 1.32 bits per heavy atom. The zero-order chi connectivity index (χ0) is 18.4. The normalized spacial score (nSPS) is 18.5. The van der Waals surface area contributed by atoms with Crippen molar-refractivity contribution in [2.45, 2.75) is 57.2 Å². The van der Waals surface area contributed by atoms with E-state index in [-0.39, 0.29) is 23.2 Å². The van der Waals surface area contributed by atoms with Gasteiger partial charge in [-0.2, -0.15) is 13.2 Å². The minimum Gasteiger partial charge on any atom is -0.349 e. The lowest BCUT2D eigenvalue weighted by Gasteiger charge is -2.33. The van der Waals surface area contributed by atoms with Gasteiger partial charge in [-0.3, -0.25) is 4.79 Å². The van der Waals surface area contributed by atoms with Gasteiger partial charge in [0, 0.05) is 19.5 Å². The van der Waals surface area contributed by atoms with Gasteiger partial charge in [0.25, 0.3) is 5.91 Å². The lowest BCUT2D eigenvalue weighted by molar-refractivity contribution is -0.141. The number of carbonyl (C=O) groups excluding carboxylic acids is 1. The van der Waals surface area contributed by atoms with Crippen molar-refractivity contribution in [2.24, 2.45) is 0 Å². The Morgan fingerprint density at radius 3 is 2.56 bits per heavy atom. The molecule has 3 rings (SSSR count). The van der Waals surface area contributed by atoms with Crippen LogP contribution in [0.5, 0.6) is 0 Å². The first kappa shape index (κ1) is 18.0. The number of alkyl halides is 3. The molecule has 1 fully saturated rings. The van der Waals surface area contributed by atoms with Crippen LogP contribution in [0, 0.1) is 6.92 Å². The maximum atomic E-state index is 13.0. The van der Waals surface area contributed by atoms with Crippen LogP contribution in [0.15, 0.2) is 12.3 Å². The van der Waals surface area contributed by atoms with Crippen LogP contribution in [-0.4, -0.2) is 30.0 Å². The third-order valence-electron chi connectivity index (χ3n) is 5.12. The molecule has 1 saturated heterocycles. The molecule has 8 heteroatoms. The number of aromatic amines is 1. The highest BCUT2D eigenvalue weighted by Crippen LogP contribution is 2.33. The van der Waals surface area contributed by atoms with Crippen LogP contribution >= 0.6 is 0 Å².